The van der Waals surface area contributed by atoms with Crippen LogP contribution >= 0.6 is 0 Å². The summed E-state index contributed by atoms with van der Waals surface area (Å²) in [5.41, 5.74) is 0. The molecule has 11 saturated heterocycles. The molecule has 4 amide bonds. The molecule has 0 spiro atoms. The molecule has 59 heteroatoms. The maximum atomic E-state index is 13.6. The summed E-state index contributed by atoms with van der Waals surface area (Å²) in [5, 5.41) is 316. The summed E-state index contributed by atoms with van der Waals surface area (Å²) in [6.07, 6.45) is -103. The zero-order chi connectivity index (χ0) is 99.1. The van der Waals surface area contributed by atoms with E-state index in [2.05, 4.69) is 21.3 Å². The predicted octanol–water partition coefficient (Wildman–Crippen LogP) is -21.8. The fraction of sp³-hybridized carbons (Fsp3) is 0.947. The van der Waals surface area contributed by atoms with Crippen molar-refractivity contribution in [2.45, 2.75) is 359 Å². The number of methoxy groups -OCH3 is 3. The summed E-state index contributed by atoms with van der Waals surface area (Å²) in [7, 11) is 3.26. The van der Waals surface area contributed by atoms with Gasteiger partial charge in [0.25, 0.3) is 0 Å². The number of aliphatic hydroxyl groups is 27. The van der Waals surface area contributed by atoms with Crippen molar-refractivity contribution in [3.8, 4) is 0 Å². The standard InChI is InChI=1S/C76H128N4O55/c1-19(88)77-34-46(101)56(28(12-85)119-66(34)111)129-67-35(78-20(2)89)48(103)58(30(14-87)124-67)131-76-65(135-71-51(106)38(93)23(92)15-115-71)63(45(100)33(128-76)18-116-70-52(107)49(104)39(94)24(8-81)120-70)133-75-64(50(105)40(95)25(9-82)123-75)134-68-36(79-21(3)90)47(102)57(29(13-86)125-68)130-69-37(80-22(4)91)59(43(98)31(126-69)16-117-72-53(108)60(112-5)41(96)26(10-83)121-72)132-74-55(110)62(114-7)44(99)32(127-74)17-118-73-54(109)61(113-6)42(97)27(11-84)122-73/h23-76,81-87,92-111H,8-18H2,1-7H3,(H,77,88)(H,78,89)(H,79,90)(H,80,91)/t23-,24-,25-,26-,27-,28-,29-,30-,31-,32-,33-,34-,35-,36-,37-,38+,39-,40-,41+,42+,43+,44+,45-,46-,47-,48-,49+,50+,51-,52+,53-,54-,55-,56-,57-,58-,59-,60-,61+,62+,63+,64+,65+,66-,67+,68+,69+,70+,71+,72-,73-,74+,75-,76+/m1/s1. The summed E-state index contributed by atoms with van der Waals surface area (Å²) in [4.78, 5) is 52.7. The van der Waals surface area contributed by atoms with E-state index in [1.807, 2.05) is 0 Å². The first-order valence-electron chi connectivity index (χ1n) is 43.2. The van der Waals surface area contributed by atoms with E-state index >= 15 is 0 Å². The highest BCUT2D eigenvalue weighted by Gasteiger charge is 2.63. The van der Waals surface area contributed by atoms with Gasteiger partial charge in [0.05, 0.1) is 72.7 Å². The number of aliphatic hydroxyl groups excluding tert-OH is 27. The molecule has 0 aromatic rings. The molecule has 0 bridgehead atoms. The van der Waals surface area contributed by atoms with Gasteiger partial charge in [0.1, 0.15) is 262 Å². The Morgan fingerprint density at radius 2 is 0.519 bits per heavy atom. The van der Waals surface area contributed by atoms with Gasteiger partial charge in [-0.2, -0.15) is 0 Å². The molecule has 54 atom stereocenters. The van der Waals surface area contributed by atoms with Crippen molar-refractivity contribution < 1.29 is 271 Å². The van der Waals surface area contributed by atoms with Gasteiger partial charge in [-0.1, -0.05) is 0 Å². The Morgan fingerprint density at radius 1 is 0.237 bits per heavy atom. The highest BCUT2D eigenvalue weighted by Crippen LogP contribution is 2.42. The van der Waals surface area contributed by atoms with Gasteiger partial charge in [-0.05, 0) is 0 Å². The van der Waals surface area contributed by atoms with Crippen LogP contribution in [0.1, 0.15) is 27.7 Å². The lowest BCUT2D eigenvalue weighted by atomic mass is 9.93. The molecule has 59 nitrogen and oxygen atoms in total. The van der Waals surface area contributed by atoms with Crippen molar-refractivity contribution in [1.29, 1.82) is 0 Å². The molecule has 0 unspecified atom stereocenters. The molecule has 11 heterocycles. The van der Waals surface area contributed by atoms with Crippen LogP contribution in [0.3, 0.4) is 0 Å². The van der Waals surface area contributed by atoms with Crippen molar-refractivity contribution in [2.24, 2.45) is 0 Å². The number of carbonyl (C=O) groups excluding carboxylic acids is 4. The Labute approximate surface area is 766 Å². The van der Waals surface area contributed by atoms with E-state index in [4.69, 9.17) is 114 Å². The van der Waals surface area contributed by atoms with Crippen molar-refractivity contribution in [3.63, 3.8) is 0 Å². The lowest BCUT2D eigenvalue weighted by Gasteiger charge is -2.52. The van der Waals surface area contributed by atoms with Crippen molar-refractivity contribution in [1.82, 2.24) is 21.3 Å². The molecule has 135 heavy (non-hydrogen) atoms. The van der Waals surface area contributed by atoms with Crippen molar-refractivity contribution >= 4 is 23.6 Å². The first-order chi connectivity index (χ1) is 64.1. The predicted molar refractivity (Wildman–Crippen MR) is 417 cm³/mol. The number of ether oxygens (including phenoxy) is 24. The molecule has 11 fully saturated rings. The van der Waals surface area contributed by atoms with Crippen LogP contribution < -0.4 is 21.3 Å². The molecule has 11 rings (SSSR count). The van der Waals surface area contributed by atoms with E-state index in [0.29, 0.717) is 0 Å². The average Bonchev–Trinajstić information content (AvgIpc) is 0.762. The molecular formula is C76H128N4O55. The molecule has 782 valence electrons. The third-order valence-corrected chi connectivity index (χ3v) is 24.9. The van der Waals surface area contributed by atoms with Crippen LogP contribution in [0.2, 0.25) is 0 Å². The third kappa shape index (κ3) is 24.9. The summed E-state index contributed by atoms with van der Waals surface area (Å²) in [6.45, 7) is -7.65. The monoisotopic (exact) mass is 1980 g/mol. The largest absolute Gasteiger partial charge is 0.394 e. The zero-order valence-electron chi connectivity index (χ0n) is 73.5. The van der Waals surface area contributed by atoms with Gasteiger partial charge in [0.15, 0.2) is 69.2 Å². The molecule has 0 saturated carbocycles. The van der Waals surface area contributed by atoms with Crippen LogP contribution in [0.15, 0.2) is 0 Å². The van der Waals surface area contributed by atoms with E-state index in [1.165, 1.54) is 0 Å². The minimum atomic E-state index is -2.56. The average molecular weight is 1980 g/mol. The van der Waals surface area contributed by atoms with Crippen molar-refractivity contribution in [2.75, 3.05) is 94.0 Å². The van der Waals surface area contributed by atoms with Crippen LogP contribution in [-0.4, -0.2) is 587 Å². The van der Waals surface area contributed by atoms with Crippen LogP contribution in [-0.2, 0) is 133 Å². The van der Waals surface area contributed by atoms with Crippen LogP contribution in [0.5, 0.6) is 0 Å². The van der Waals surface area contributed by atoms with E-state index in [-0.39, 0.29) is 0 Å². The molecule has 0 radical (unpaired) electrons. The maximum absolute atomic E-state index is 13.6. The Hall–Kier alpha value is -4.16. The normalized spacial score (nSPS) is 49.0. The number of carbonyl (C=O) groups is 4. The quantitative estimate of drug-likeness (QED) is 0.0275. The molecule has 11 aliphatic rings. The molecule has 0 aromatic carbocycles. The summed E-state index contributed by atoms with van der Waals surface area (Å²) < 4.78 is 144. The van der Waals surface area contributed by atoms with Gasteiger partial charge in [-0.25, -0.2) is 0 Å². The lowest BCUT2D eigenvalue weighted by molar-refractivity contribution is -0.411. The number of rotatable bonds is 37. The summed E-state index contributed by atoms with van der Waals surface area (Å²) in [6, 6.07) is -7.86. The van der Waals surface area contributed by atoms with E-state index < -0.39 is 428 Å². The van der Waals surface area contributed by atoms with Gasteiger partial charge < -0.3 is 273 Å². The Bertz CT molecular complexity index is 3650. The SMILES string of the molecule is CO[C@@H]1[C@@H](O)[C@@H](CO)O[C@@H](OC[C@H]2O[C@@H](O[C@H]3[C@H](O)[C@@H](NC(C)=O)[C@H](O[C@@H]4[C@@H](O[C@H]5[C@H](O)[C@@H](CO[C@H]6O[C@H](CO)[C@@H](O)[C@H](O)[C@@H]6O)O[C@@H](O[C@H]6[C@H](O)[C@@H](NC(C)=O)[C@H](O[C@H]7[C@H](O)[C@@H](NC(C)=O)[C@H](O)O[C@@H]7CO)O[C@@H]6CO)[C@H]5O[C@@H]5OC[C@@H](O)[C@H](O)[C@H]5O)O[C@H](CO)[C@@H](O)[C@@H]4O)O[C@@H]3CO)[C@H](NC(C)=O)[C@@H](O[C@@H]3O[C@H](CO[C@@H]4O[C@H](CO)[C@H](O)[C@H](OC)[C@H]4O)[C@H](O)[C@H](OC)[C@H]3O)[C@H]2O)[C@@H]1O. The van der Waals surface area contributed by atoms with Gasteiger partial charge in [-0.15, -0.1) is 0 Å². The second-order valence-electron chi connectivity index (χ2n) is 34.0. The van der Waals surface area contributed by atoms with Gasteiger partial charge in [0, 0.05) is 49.0 Å². The molecule has 11 aliphatic heterocycles. The number of hydrogen-bond acceptors (Lipinski definition) is 55. The first kappa shape index (κ1) is 111. The van der Waals surface area contributed by atoms with Gasteiger partial charge in [-0.3, -0.25) is 19.2 Å². The summed E-state index contributed by atoms with van der Waals surface area (Å²) in [5.74, 6) is -3.84. The zero-order valence-corrected chi connectivity index (χ0v) is 73.5. The van der Waals surface area contributed by atoms with Crippen LogP contribution in [0, 0.1) is 0 Å². The highest BCUT2D eigenvalue weighted by molar-refractivity contribution is 5.74. The number of amides is 4. The fourth-order valence-corrected chi connectivity index (χ4v) is 17.7. The Morgan fingerprint density at radius 3 is 0.956 bits per heavy atom. The molecule has 31 N–H and O–H groups in total. The second kappa shape index (κ2) is 49.4. The van der Waals surface area contributed by atoms with E-state index in [9.17, 15) is 157 Å². The summed E-state index contributed by atoms with van der Waals surface area (Å²) >= 11 is 0. The Balaban J connectivity index is 0.943. The lowest BCUT2D eigenvalue weighted by Crippen LogP contribution is -2.72. The number of hydrogen-bond donors (Lipinski definition) is 31. The minimum Gasteiger partial charge on any atom is -0.394 e. The maximum Gasteiger partial charge on any atom is 0.217 e. The minimum absolute atomic E-state index is 0.806. The van der Waals surface area contributed by atoms with Gasteiger partial charge in [0.2, 0.25) is 23.6 Å². The molecule has 0 aliphatic carbocycles. The van der Waals surface area contributed by atoms with Crippen LogP contribution in [0.4, 0.5) is 0 Å². The first-order valence-corrected chi connectivity index (χ1v) is 43.2. The van der Waals surface area contributed by atoms with Crippen molar-refractivity contribution in [3.05, 3.63) is 0 Å². The number of nitrogens with one attached hydrogen (secondary N) is 4. The molecular weight excluding hydrogens is 1850 g/mol. The topological polar surface area (TPSA) is 884 Å². The second-order valence-corrected chi connectivity index (χ2v) is 34.0. The highest BCUT2D eigenvalue weighted by atomic mass is 16.8. The smallest absolute Gasteiger partial charge is 0.217 e. The molecule has 0 aromatic heterocycles. The van der Waals surface area contributed by atoms with E-state index in [0.717, 1.165) is 49.0 Å². The fourth-order valence-electron chi connectivity index (χ4n) is 17.7. The van der Waals surface area contributed by atoms with E-state index in [1.54, 1.807) is 0 Å². The van der Waals surface area contributed by atoms with Gasteiger partial charge >= 0.3 is 0 Å². The Kier molecular flexibility index (Phi) is 40.7. The third-order valence-electron chi connectivity index (χ3n) is 24.9. The van der Waals surface area contributed by atoms with Crippen LogP contribution in [0.25, 0.3) is 0 Å².